The Morgan fingerprint density at radius 1 is 1.09 bits per heavy atom. The van der Waals surface area contributed by atoms with Gasteiger partial charge in [-0.3, -0.25) is 14.4 Å². The predicted molar refractivity (Wildman–Crippen MR) is 128 cm³/mol. The first-order chi connectivity index (χ1) is 16.5. The molecule has 2 aromatic carbocycles. The van der Waals surface area contributed by atoms with E-state index in [1.54, 1.807) is 51.0 Å². The largest absolute Gasteiger partial charge is 0.508 e. The van der Waals surface area contributed by atoms with Crippen LogP contribution in [0.4, 0.5) is 0 Å². The Bertz CT molecular complexity index is 1420. The molecule has 0 saturated heterocycles. The van der Waals surface area contributed by atoms with Crippen LogP contribution in [0.15, 0.2) is 36.1 Å². The van der Waals surface area contributed by atoms with Crippen molar-refractivity contribution in [1.82, 2.24) is 14.4 Å². The minimum Gasteiger partial charge on any atom is -0.508 e. The smallest absolute Gasteiger partial charge is 0.270 e. The summed E-state index contributed by atoms with van der Waals surface area (Å²) in [6, 6.07) is 7.44. The second-order valence-electron chi connectivity index (χ2n) is 8.50. The fourth-order valence-corrected chi connectivity index (χ4v) is 3.93. The van der Waals surface area contributed by atoms with Gasteiger partial charge in [-0.1, -0.05) is 0 Å². The zero-order chi connectivity index (χ0) is 25.6. The van der Waals surface area contributed by atoms with Crippen molar-refractivity contribution in [2.24, 2.45) is 0 Å². The molecule has 0 radical (unpaired) electrons. The van der Waals surface area contributed by atoms with Crippen LogP contribution in [0.1, 0.15) is 26.4 Å². The van der Waals surface area contributed by atoms with Gasteiger partial charge < -0.3 is 34.1 Å². The molecular weight excluding hydrogens is 454 g/mol. The molecule has 182 valence electrons. The molecule has 0 unspecified atom stereocenters. The van der Waals surface area contributed by atoms with Crippen LogP contribution in [0, 0.1) is 0 Å². The van der Waals surface area contributed by atoms with E-state index in [0.717, 1.165) is 6.07 Å². The highest BCUT2D eigenvalue weighted by Gasteiger charge is 2.33. The Labute approximate surface area is 201 Å². The number of allylic oxidation sites excluding steroid dienone is 1. The fourth-order valence-electron chi connectivity index (χ4n) is 3.93. The van der Waals surface area contributed by atoms with Gasteiger partial charge in [0, 0.05) is 51.3 Å². The quantitative estimate of drug-likeness (QED) is 0.539. The molecule has 0 bridgehead atoms. The number of likely N-dealkylation sites (N-methyl/N-ethyl adjacent to an activating group) is 1. The molecule has 1 aliphatic heterocycles. The first kappa shape index (κ1) is 23.7. The van der Waals surface area contributed by atoms with Crippen LogP contribution in [0.3, 0.4) is 0 Å². The minimum absolute atomic E-state index is 0.00309. The number of aromatic nitrogens is 1. The topological polar surface area (TPSA) is 122 Å². The lowest BCUT2D eigenvalue weighted by molar-refractivity contribution is -0.129. The molecule has 1 aliphatic rings. The Morgan fingerprint density at radius 3 is 2.43 bits per heavy atom. The van der Waals surface area contributed by atoms with Gasteiger partial charge in [-0.25, -0.2) is 0 Å². The van der Waals surface area contributed by atoms with Crippen LogP contribution in [0.2, 0.25) is 0 Å². The van der Waals surface area contributed by atoms with E-state index < -0.39 is 11.5 Å². The van der Waals surface area contributed by atoms with Crippen LogP contribution < -0.4 is 9.47 Å². The van der Waals surface area contributed by atoms with Crippen molar-refractivity contribution in [3.05, 3.63) is 52.9 Å². The monoisotopic (exact) mass is 479 g/mol. The summed E-state index contributed by atoms with van der Waals surface area (Å²) in [5, 5.41) is 20.5. The maximum Gasteiger partial charge on any atom is 0.270 e. The zero-order valence-corrected chi connectivity index (χ0v) is 19.9. The third kappa shape index (κ3) is 4.03. The first-order valence-electron chi connectivity index (χ1n) is 10.7. The molecule has 0 saturated carbocycles. The van der Waals surface area contributed by atoms with Crippen molar-refractivity contribution in [2.75, 3.05) is 35.3 Å². The van der Waals surface area contributed by atoms with Gasteiger partial charge in [0.2, 0.25) is 11.7 Å². The normalized spacial score (nSPS) is 13.6. The summed E-state index contributed by atoms with van der Waals surface area (Å²) >= 11 is 0. The number of phenols is 2. The van der Waals surface area contributed by atoms with Gasteiger partial charge in [-0.15, -0.1) is 0 Å². The maximum atomic E-state index is 13.4. The minimum atomic E-state index is -0.603. The molecule has 0 spiro atoms. The SMILES string of the molecule is COc1ccc2c(c1)c(/C=C1\Oc3cc(O)cc(O)c3C1=O)c(C(=O)N(C)C)n2CC(=O)N(C)C. The van der Waals surface area contributed by atoms with Crippen molar-refractivity contribution in [1.29, 1.82) is 0 Å². The fraction of sp³-hybridized carbons (Fsp3) is 0.240. The molecule has 0 fully saturated rings. The number of Topliss-reactive ketones (excluding diaryl/α,β-unsaturated/α-hetero) is 1. The number of carbonyl (C=O) groups excluding carboxylic acids is 3. The van der Waals surface area contributed by atoms with E-state index in [0.29, 0.717) is 22.2 Å². The van der Waals surface area contributed by atoms with Crippen molar-refractivity contribution >= 4 is 34.6 Å². The molecule has 1 aromatic heterocycles. The van der Waals surface area contributed by atoms with E-state index in [2.05, 4.69) is 0 Å². The molecule has 10 nitrogen and oxygen atoms in total. The number of fused-ring (bicyclic) bond motifs is 2. The highest BCUT2D eigenvalue weighted by molar-refractivity contribution is 6.18. The summed E-state index contributed by atoms with van der Waals surface area (Å²) in [7, 11) is 7.93. The van der Waals surface area contributed by atoms with Gasteiger partial charge >= 0.3 is 0 Å². The average Bonchev–Trinajstić information content (AvgIpc) is 3.27. The summed E-state index contributed by atoms with van der Waals surface area (Å²) in [4.78, 5) is 41.9. The Kier molecular flexibility index (Phi) is 5.89. The summed E-state index contributed by atoms with van der Waals surface area (Å²) in [5.74, 6) is -1.53. The standard InChI is InChI=1S/C25H25N3O7/c1-26(2)21(31)12-28-17-7-6-14(34-5)10-15(17)16(23(28)25(33)27(3)4)11-20-24(32)22-18(30)8-13(29)9-19(22)35-20/h6-11,29-30H,12H2,1-5H3/b20-11-. The van der Waals surface area contributed by atoms with Crippen molar-refractivity contribution in [3.63, 3.8) is 0 Å². The van der Waals surface area contributed by atoms with Gasteiger partial charge in [0.05, 0.1) is 12.6 Å². The number of methoxy groups -OCH3 is 1. The molecule has 0 atom stereocenters. The maximum absolute atomic E-state index is 13.4. The van der Waals surface area contributed by atoms with Gasteiger partial charge in [0.15, 0.2) is 5.76 Å². The molecule has 2 heterocycles. The second-order valence-corrected chi connectivity index (χ2v) is 8.50. The molecule has 35 heavy (non-hydrogen) atoms. The van der Waals surface area contributed by atoms with E-state index in [9.17, 15) is 24.6 Å². The molecular formula is C25H25N3O7. The summed E-state index contributed by atoms with van der Waals surface area (Å²) in [6.45, 7) is -0.113. The van der Waals surface area contributed by atoms with Crippen molar-refractivity contribution in [3.8, 4) is 23.0 Å². The summed E-state index contributed by atoms with van der Waals surface area (Å²) < 4.78 is 12.6. The number of ether oxygens (including phenoxy) is 2. The van der Waals surface area contributed by atoms with Crippen molar-refractivity contribution < 1.29 is 34.1 Å². The van der Waals surface area contributed by atoms with E-state index in [1.165, 1.54) is 29.1 Å². The third-order valence-electron chi connectivity index (χ3n) is 5.72. The van der Waals surface area contributed by atoms with Gasteiger partial charge in [-0.05, 0) is 24.3 Å². The number of hydrogen-bond donors (Lipinski definition) is 2. The molecule has 2 amide bonds. The van der Waals surface area contributed by atoms with E-state index in [1.807, 2.05) is 0 Å². The Balaban J connectivity index is 2.00. The molecule has 2 N–H and O–H groups in total. The lowest BCUT2D eigenvalue weighted by Crippen LogP contribution is -2.30. The molecule has 0 aliphatic carbocycles. The highest BCUT2D eigenvalue weighted by atomic mass is 16.5. The molecule has 3 aromatic rings. The first-order valence-corrected chi connectivity index (χ1v) is 10.7. The highest BCUT2D eigenvalue weighted by Crippen LogP contribution is 2.41. The average molecular weight is 479 g/mol. The number of nitrogens with zero attached hydrogens (tertiary/aromatic N) is 3. The van der Waals surface area contributed by atoms with E-state index >= 15 is 0 Å². The number of amides is 2. The number of phenolic OH excluding ortho intramolecular Hbond substituents is 2. The Morgan fingerprint density at radius 2 is 1.80 bits per heavy atom. The zero-order valence-electron chi connectivity index (χ0n) is 19.9. The molecule has 10 heteroatoms. The van der Waals surface area contributed by atoms with E-state index in [4.69, 9.17) is 9.47 Å². The van der Waals surface area contributed by atoms with Gasteiger partial charge in [-0.2, -0.15) is 0 Å². The van der Waals surface area contributed by atoms with Crippen LogP contribution in [0.25, 0.3) is 17.0 Å². The van der Waals surface area contributed by atoms with Gasteiger partial charge in [0.1, 0.15) is 40.8 Å². The lowest BCUT2D eigenvalue weighted by atomic mass is 10.1. The van der Waals surface area contributed by atoms with Gasteiger partial charge in [0.25, 0.3) is 5.91 Å². The van der Waals surface area contributed by atoms with Crippen LogP contribution in [0.5, 0.6) is 23.0 Å². The molecule has 4 rings (SSSR count). The number of aromatic hydroxyl groups is 2. The van der Waals surface area contributed by atoms with Crippen LogP contribution in [-0.4, -0.2) is 77.5 Å². The second kappa shape index (κ2) is 8.71. The number of hydrogen-bond acceptors (Lipinski definition) is 7. The van der Waals surface area contributed by atoms with Crippen molar-refractivity contribution in [2.45, 2.75) is 6.54 Å². The summed E-state index contributed by atoms with van der Waals surface area (Å²) in [5.41, 5.74) is 1.03. The number of benzene rings is 2. The van der Waals surface area contributed by atoms with E-state index in [-0.39, 0.29) is 46.9 Å². The Hall–Kier alpha value is -4.47. The van der Waals surface area contributed by atoms with Crippen LogP contribution >= 0.6 is 0 Å². The lowest BCUT2D eigenvalue weighted by Gasteiger charge is -2.17. The number of rotatable bonds is 5. The third-order valence-corrected chi connectivity index (χ3v) is 5.72. The van der Waals surface area contributed by atoms with Crippen LogP contribution in [-0.2, 0) is 11.3 Å². The predicted octanol–water partition coefficient (Wildman–Crippen LogP) is 2.47. The summed E-state index contributed by atoms with van der Waals surface area (Å²) in [6.07, 6.45) is 1.41. The number of ketones is 1. The number of carbonyl (C=O) groups is 3.